The Hall–Kier alpha value is -1.92. The fourth-order valence-corrected chi connectivity index (χ4v) is 1.71. The summed E-state index contributed by atoms with van der Waals surface area (Å²) in [7, 11) is 1.26. The van der Waals surface area contributed by atoms with Crippen LogP contribution in [-0.4, -0.2) is 28.3 Å². The Kier molecular flexibility index (Phi) is 4.36. The van der Waals surface area contributed by atoms with Gasteiger partial charge in [0.15, 0.2) is 10.8 Å². The highest BCUT2D eigenvalue weighted by molar-refractivity contribution is 6.31. The van der Waals surface area contributed by atoms with Crippen molar-refractivity contribution in [2.75, 3.05) is 12.4 Å². The number of aryl methyl sites for hydroxylation is 1. The van der Waals surface area contributed by atoms with Crippen LogP contribution in [0.5, 0.6) is 0 Å². The number of aromatic nitrogens is 3. The predicted octanol–water partition coefficient (Wildman–Crippen LogP) is 3.02. The molecule has 0 radical (unpaired) electrons. The zero-order valence-electron chi connectivity index (χ0n) is 10.6. The average Bonchev–Trinajstić information content (AvgIpc) is 2.42. The largest absolute Gasteiger partial charge is 0.464 e. The van der Waals surface area contributed by atoms with Gasteiger partial charge in [-0.05, 0) is 19.1 Å². The van der Waals surface area contributed by atoms with E-state index in [2.05, 4.69) is 25.2 Å². The van der Waals surface area contributed by atoms with Gasteiger partial charge in [0.2, 0.25) is 0 Å². The predicted molar refractivity (Wildman–Crippen MR) is 75.6 cm³/mol. The summed E-state index contributed by atoms with van der Waals surface area (Å²) in [6, 6.07) is 4.83. The lowest BCUT2D eigenvalue weighted by Gasteiger charge is -2.10. The molecule has 6 nitrogen and oxygen atoms in total. The highest BCUT2D eigenvalue weighted by Crippen LogP contribution is 2.23. The van der Waals surface area contributed by atoms with Crippen LogP contribution in [-0.2, 0) is 4.74 Å². The number of pyridine rings is 1. The molecule has 0 bridgehead atoms. The number of hydrogen-bond acceptors (Lipinski definition) is 6. The minimum atomic E-state index is -0.623. The molecule has 104 valence electrons. The van der Waals surface area contributed by atoms with Crippen molar-refractivity contribution >= 4 is 40.7 Å². The smallest absolute Gasteiger partial charge is 0.360 e. The topological polar surface area (TPSA) is 77.0 Å². The van der Waals surface area contributed by atoms with Crippen LogP contribution in [0.2, 0.25) is 10.2 Å². The Morgan fingerprint density at radius 1 is 1.30 bits per heavy atom. The van der Waals surface area contributed by atoms with Gasteiger partial charge in [-0.15, -0.1) is 10.2 Å². The second-order valence-corrected chi connectivity index (χ2v) is 4.60. The van der Waals surface area contributed by atoms with Crippen molar-refractivity contribution in [1.29, 1.82) is 0 Å². The lowest BCUT2D eigenvalue weighted by molar-refractivity contribution is 0.0594. The second kappa shape index (κ2) is 6.02. The molecule has 2 heterocycles. The highest BCUT2D eigenvalue weighted by atomic mass is 35.5. The lowest BCUT2D eigenvalue weighted by Crippen LogP contribution is -2.10. The van der Waals surface area contributed by atoms with Crippen LogP contribution in [0, 0.1) is 6.92 Å². The van der Waals surface area contributed by atoms with Crippen molar-refractivity contribution < 1.29 is 9.53 Å². The Balaban J connectivity index is 2.38. The zero-order valence-corrected chi connectivity index (χ0v) is 12.2. The number of anilines is 2. The molecule has 8 heteroatoms. The summed E-state index contributed by atoms with van der Waals surface area (Å²) in [5.41, 5.74) is 1.03. The van der Waals surface area contributed by atoms with Gasteiger partial charge in [0.05, 0.1) is 23.5 Å². The monoisotopic (exact) mass is 312 g/mol. The molecule has 0 saturated carbocycles. The van der Waals surface area contributed by atoms with E-state index < -0.39 is 5.97 Å². The first-order valence-electron chi connectivity index (χ1n) is 5.53. The molecule has 0 aromatic carbocycles. The summed E-state index contributed by atoms with van der Waals surface area (Å²) in [4.78, 5) is 15.8. The average molecular weight is 313 g/mol. The van der Waals surface area contributed by atoms with E-state index in [0.29, 0.717) is 22.2 Å². The van der Waals surface area contributed by atoms with Gasteiger partial charge in [0.1, 0.15) is 5.82 Å². The van der Waals surface area contributed by atoms with Crippen LogP contribution in [0.1, 0.15) is 16.2 Å². The van der Waals surface area contributed by atoms with Gasteiger partial charge < -0.3 is 10.1 Å². The van der Waals surface area contributed by atoms with Crippen LogP contribution < -0.4 is 5.32 Å². The van der Waals surface area contributed by atoms with Gasteiger partial charge in [-0.25, -0.2) is 9.78 Å². The normalized spacial score (nSPS) is 10.2. The molecule has 0 aliphatic rings. The summed E-state index contributed by atoms with van der Waals surface area (Å²) in [6.07, 6.45) is 0. The van der Waals surface area contributed by atoms with Gasteiger partial charge in [-0.1, -0.05) is 23.2 Å². The first-order chi connectivity index (χ1) is 9.51. The molecule has 2 rings (SSSR count). The number of nitrogens with one attached hydrogen (secondary N) is 1. The second-order valence-electron chi connectivity index (χ2n) is 3.81. The molecule has 0 unspecified atom stereocenters. The van der Waals surface area contributed by atoms with Gasteiger partial charge in [-0.3, -0.25) is 0 Å². The third kappa shape index (κ3) is 3.15. The number of halogens is 2. The van der Waals surface area contributed by atoms with E-state index in [4.69, 9.17) is 23.2 Å². The maximum absolute atomic E-state index is 11.6. The molecule has 0 aliphatic carbocycles. The molecule has 20 heavy (non-hydrogen) atoms. The molecule has 0 saturated heterocycles. The molecule has 0 amide bonds. The van der Waals surface area contributed by atoms with E-state index in [-0.39, 0.29) is 10.8 Å². The fourth-order valence-electron chi connectivity index (χ4n) is 1.46. The molecule has 2 aromatic heterocycles. The van der Waals surface area contributed by atoms with Crippen molar-refractivity contribution in [2.24, 2.45) is 0 Å². The number of nitrogens with zero attached hydrogens (tertiary/aromatic N) is 3. The number of ether oxygens (including phenoxy) is 1. The molecular weight excluding hydrogens is 303 g/mol. The molecule has 2 aromatic rings. The van der Waals surface area contributed by atoms with E-state index in [0.717, 1.165) is 0 Å². The van der Waals surface area contributed by atoms with Gasteiger partial charge in [0, 0.05) is 6.07 Å². The number of hydrogen-bond donors (Lipinski definition) is 1. The highest BCUT2D eigenvalue weighted by Gasteiger charge is 2.16. The van der Waals surface area contributed by atoms with Gasteiger partial charge in [0.25, 0.3) is 0 Å². The first kappa shape index (κ1) is 14.5. The van der Waals surface area contributed by atoms with E-state index in [1.54, 1.807) is 19.1 Å². The van der Waals surface area contributed by atoms with Crippen molar-refractivity contribution in [3.05, 3.63) is 39.8 Å². The van der Waals surface area contributed by atoms with Crippen molar-refractivity contribution in [2.45, 2.75) is 6.92 Å². The zero-order chi connectivity index (χ0) is 14.7. The third-order valence-corrected chi connectivity index (χ3v) is 3.01. The molecule has 0 atom stereocenters. The summed E-state index contributed by atoms with van der Waals surface area (Å²) < 4.78 is 4.63. The van der Waals surface area contributed by atoms with E-state index in [1.165, 1.54) is 13.2 Å². The van der Waals surface area contributed by atoms with Gasteiger partial charge >= 0.3 is 5.97 Å². The Labute approximate surface area is 125 Å². The van der Waals surface area contributed by atoms with Crippen LogP contribution in [0.25, 0.3) is 0 Å². The Bertz CT molecular complexity index is 664. The Morgan fingerprint density at radius 2 is 2.05 bits per heavy atom. The maximum Gasteiger partial charge on any atom is 0.360 e. The van der Waals surface area contributed by atoms with E-state index in [1.807, 2.05) is 0 Å². The third-order valence-electron chi connectivity index (χ3n) is 2.43. The number of carbonyl (C=O) groups is 1. The summed E-state index contributed by atoms with van der Waals surface area (Å²) in [5, 5.41) is 11.0. The Morgan fingerprint density at radius 3 is 2.70 bits per heavy atom. The molecular formula is C12H10Cl2N4O2. The molecule has 1 N–H and O–H groups in total. The molecule has 0 fully saturated rings. The SMILES string of the molecule is COC(=O)c1nnc(Cl)cc1Nc1ccc(Cl)c(C)n1. The van der Waals surface area contributed by atoms with Crippen LogP contribution >= 0.6 is 23.2 Å². The van der Waals surface area contributed by atoms with Crippen molar-refractivity contribution in [1.82, 2.24) is 15.2 Å². The fraction of sp³-hybridized carbons (Fsp3) is 0.167. The number of esters is 1. The minimum Gasteiger partial charge on any atom is -0.464 e. The van der Waals surface area contributed by atoms with Crippen LogP contribution in [0.3, 0.4) is 0 Å². The van der Waals surface area contributed by atoms with Gasteiger partial charge in [-0.2, -0.15) is 0 Å². The van der Waals surface area contributed by atoms with Crippen molar-refractivity contribution in [3.8, 4) is 0 Å². The lowest BCUT2D eigenvalue weighted by atomic mass is 10.3. The first-order valence-corrected chi connectivity index (χ1v) is 6.28. The number of rotatable bonds is 3. The van der Waals surface area contributed by atoms with E-state index in [9.17, 15) is 4.79 Å². The summed E-state index contributed by atoms with van der Waals surface area (Å²) in [6.45, 7) is 1.77. The van der Waals surface area contributed by atoms with Crippen molar-refractivity contribution in [3.63, 3.8) is 0 Å². The van der Waals surface area contributed by atoms with E-state index >= 15 is 0 Å². The standard InChI is InChI=1S/C12H10Cl2N4O2/c1-6-7(13)3-4-10(15-6)16-8-5-9(14)17-18-11(8)12(19)20-2/h3-5H,1-2H3,(H,15,16,17). The minimum absolute atomic E-state index is 0.0197. The van der Waals surface area contributed by atoms with Crippen LogP contribution in [0.15, 0.2) is 18.2 Å². The quantitative estimate of drug-likeness (QED) is 0.878. The number of methoxy groups -OCH3 is 1. The maximum atomic E-state index is 11.6. The molecule has 0 aliphatic heterocycles. The number of carbonyl (C=O) groups excluding carboxylic acids is 1. The van der Waals surface area contributed by atoms with Crippen LogP contribution in [0.4, 0.5) is 11.5 Å². The summed E-state index contributed by atoms with van der Waals surface area (Å²) >= 11 is 11.7. The summed E-state index contributed by atoms with van der Waals surface area (Å²) in [5.74, 6) is -0.122. The molecule has 0 spiro atoms.